The highest BCUT2D eigenvalue weighted by Crippen LogP contribution is 2.60. The van der Waals surface area contributed by atoms with Crippen LogP contribution in [0.3, 0.4) is 0 Å². The predicted octanol–water partition coefficient (Wildman–Crippen LogP) is 5.95. The molecule has 0 saturated heterocycles. The highest BCUT2D eigenvalue weighted by atomic mass is 16.3. The van der Waals surface area contributed by atoms with E-state index < -0.39 is 17.8 Å². The number of rotatable bonds is 6. The van der Waals surface area contributed by atoms with Crippen LogP contribution in [0.2, 0.25) is 0 Å². The van der Waals surface area contributed by atoms with Crippen molar-refractivity contribution >= 4 is 0 Å². The molecule has 0 aromatic carbocycles. The van der Waals surface area contributed by atoms with Gasteiger partial charge in [-0.15, -0.1) is 0 Å². The number of aliphatic hydroxyl groups excluding tert-OH is 2. The number of allylic oxidation sites excluding steroid dienone is 3. The van der Waals surface area contributed by atoms with E-state index in [2.05, 4.69) is 32.6 Å². The van der Waals surface area contributed by atoms with Gasteiger partial charge in [-0.1, -0.05) is 57.9 Å². The zero-order valence-electron chi connectivity index (χ0n) is 20.5. The molecule has 0 bridgehead atoms. The minimum atomic E-state index is -0.648. The van der Waals surface area contributed by atoms with Crippen molar-refractivity contribution in [3.05, 3.63) is 35.5 Å². The number of aliphatic hydroxyl groups is 3. The van der Waals surface area contributed by atoms with E-state index in [1.807, 2.05) is 20.8 Å². The monoisotopic (exact) mass is 430 g/mol. The highest BCUT2D eigenvalue weighted by Gasteiger charge is 2.50. The van der Waals surface area contributed by atoms with Gasteiger partial charge in [0.2, 0.25) is 0 Å². The maximum atomic E-state index is 10.4. The average molecular weight is 431 g/mol. The number of hydrogen-bond acceptors (Lipinski definition) is 3. The summed E-state index contributed by atoms with van der Waals surface area (Å²) < 4.78 is 0. The lowest BCUT2D eigenvalue weighted by molar-refractivity contribution is 0.0283. The summed E-state index contributed by atoms with van der Waals surface area (Å²) >= 11 is 0. The van der Waals surface area contributed by atoms with E-state index in [-0.39, 0.29) is 5.92 Å². The molecule has 176 valence electrons. The van der Waals surface area contributed by atoms with Crippen molar-refractivity contribution in [3.63, 3.8) is 0 Å². The van der Waals surface area contributed by atoms with Gasteiger partial charge in [0, 0.05) is 5.92 Å². The topological polar surface area (TPSA) is 60.7 Å². The van der Waals surface area contributed by atoms with E-state index >= 15 is 0 Å². The molecular weight excluding hydrogens is 384 g/mol. The molecule has 31 heavy (non-hydrogen) atoms. The number of hydrogen-bond donors (Lipinski definition) is 3. The molecule has 0 heterocycles. The molecule has 0 amide bonds. The van der Waals surface area contributed by atoms with E-state index in [0.29, 0.717) is 23.7 Å². The molecule has 3 heteroatoms. The predicted molar refractivity (Wildman–Crippen MR) is 129 cm³/mol. The van der Waals surface area contributed by atoms with Crippen LogP contribution in [0.4, 0.5) is 0 Å². The first-order chi connectivity index (χ1) is 14.4. The van der Waals surface area contributed by atoms with Crippen molar-refractivity contribution < 1.29 is 15.3 Å². The molecule has 3 fully saturated rings. The molecule has 0 aliphatic heterocycles. The third-order valence-corrected chi connectivity index (χ3v) is 8.97. The van der Waals surface area contributed by atoms with E-state index in [9.17, 15) is 15.3 Å². The summed E-state index contributed by atoms with van der Waals surface area (Å²) in [5.74, 6) is 1.94. The van der Waals surface area contributed by atoms with Gasteiger partial charge in [0.25, 0.3) is 0 Å². The first-order valence-corrected chi connectivity index (χ1v) is 12.6. The van der Waals surface area contributed by atoms with E-state index in [0.717, 1.165) is 36.3 Å². The summed E-state index contributed by atoms with van der Waals surface area (Å²) in [7, 11) is 0. The van der Waals surface area contributed by atoms with Crippen molar-refractivity contribution in [2.75, 3.05) is 0 Å². The Labute approximate surface area is 190 Å². The molecular formula is C28H46O3. The second kappa shape index (κ2) is 9.53. The fraction of sp³-hybridized carbons (Fsp3) is 0.786. The lowest BCUT2D eigenvalue weighted by Gasteiger charge is -2.44. The highest BCUT2D eigenvalue weighted by molar-refractivity contribution is 5.39. The molecule has 7 atom stereocenters. The number of fused-ring (bicyclic) bond motifs is 1. The van der Waals surface area contributed by atoms with Gasteiger partial charge >= 0.3 is 0 Å². The Balaban J connectivity index is 1.71. The van der Waals surface area contributed by atoms with E-state index in [4.69, 9.17) is 0 Å². The summed E-state index contributed by atoms with van der Waals surface area (Å²) in [4.78, 5) is 0. The van der Waals surface area contributed by atoms with Crippen LogP contribution in [-0.2, 0) is 0 Å². The Hall–Kier alpha value is -0.900. The Morgan fingerprint density at radius 3 is 2.61 bits per heavy atom. The summed E-state index contributed by atoms with van der Waals surface area (Å²) in [6.45, 7) is 14.8. The van der Waals surface area contributed by atoms with Crippen LogP contribution in [0.1, 0.15) is 92.4 Å². The Morgan fingerprint density at radius 1 is 1.23 bits per heavy atom. The van der Waals surface area contributed by atoms with Crippen molar-refractivity contribution in [2.24, 2.45) is 29.1 Å². The Bertz CT molecular complexity index is 712. The van der Waals surface area contributed by atoms with Crippen LogP contribution in [0.5, 0.6) is 0 Å². The van der Waals surface area contributed by atoms with Crippen LogP contribution in [-0.4, -0.2) is 33.1 Å². The van der Waals surface area contributed by atoms with E-state index in [1.165, 1.54) is 32.1 Å². The summed E-state index contributed by atoms with van der Waals surface area (Å²) in [5.41, 5.74) is 3.15. The van der Waals surface area contributed by atoms with Crippen molar-refractivity contribution in [1.82, 2.24) is 0 Å². The lowest BCUT2D eigenvalue weighted by Crippen LogP contribution is -2.36. The molecule has 1 unspecified atom stereocenters. The van der Waals surface area contributed by atoms with Gasteiger partial charge in [-0.2, -0.15) is 0 Å². The minimum absolute atomic E-state index is 0.149. The van der Waals surface area contributed by atoms with Gasteiger partial charge in [0.1, 0.15) is 0 Å². The fourth-order valence-electron chi connectivity index (χ4n) is 6.91. The smallest absolute Gasteiger partial charge is 0.0837 e. The van der Waals surface area contributed by atoms with Crippen LogP contribution in [0, 0.1) is 29.1 Å². The molecule has 3 aliphatic carbocycles. The summed E-state index contributed by atoms with van der Waals surface area (Å²) in [5, 5.41) is 30.7. The minimum Gasteiger partial charge on any atom is -0.392 e. The van der Waals surface area contributed by atoms with Crippen molar-refractivity contribution in [2.45, 2.75) is 110 Å². The average Bonchev–Trinajstić information content (AvgIpc) is 3.04. The molecule has 3 nitrogen and oxygen atoms in total. The molecule has 0 aromatic heterocycles. The third-order valence-electron chi connectivity index (χ3n) is 8.97. The van der Waals surface area contributed by atoms with Crippen molar-refractivity contribution in [1.29, 1.82) is 0 Å². The molecule has 3 aliphatic rings. The van der Waals surface area contributed by atoms with Gasteiger partial charge in [0.05, 0.1) is 17.8 Å². The van der Waals surface area contributed by atoms with Crippen LogP contribution >= 0.6 is 0 Å². The molecule has 3 rings (SSSR count). The van der Waals surface area contributed by atoms with Crippen LogP contribution < -0.4 is 0 Å². The second-order valence-electron chi connectivity index (χ2n) is 11.8. The lowest BCUT2D eigenvalue weighted by atomic mass is 9.60. The van der Waals surface area contributed by atoms with Crippen LogP contribution in [0.15, 0.2) is 35.5 Å². The first kappa shape index (κ1) is 24.7. The van der Waals surface area contributed by atoms with Crippen molar-refractivity contribution in [3.8, 4) is 0 Å². The zero-order valence-corrected chi connectivity index (χ0v) is 20.5. The Morgan fingerprint density at radius 2 is 1.94 bits per heavy atom. The van der Waals surface area contributed by atoms with Gasteiger partial charge in [-0.3, -0.25) is 0 Å². The summed E-state index contributed by atoms with van der Waals surface area (Å²) in [6.07, 6.45) is 13.4. The molecule has 0 aromatic rings. The second-order valence-corrected chi connectivity index (χ2v) is 11.8. The standard InChI is InChI=1S/C28H46O3/c1-18(9-7-15-27(4,5)31)23-13-14-24-21(10-8-16-28(23,24)6)11-12-22-17-25(29)20(3)26(30)19(22)2/h11-12,18,20,23-26,29-31H,2,7-10,13-17H2,1,3-6H3/t18-,20+,23+,24?,25+,26+,28+/m0/s1. The molecule has 0 radical (unpaired) electrons. The van der Waals surface area contributed by atoms with Gasteiger partial charge in [-0.25, -0.2) is 0 Å². The zero-order chi connectivity index (χ0) is 23.0. The van der Waals surface area contributed by atoms with E-state index in [1.54, 1.807) is 5.57 Å². The normalized spacial score (nSPS) is 40.4. The molecule has 0 spiro atoms. The van der Waals surface area contributed by atoms with Gasteiger partial charge in [0.15, 0.2) is 0 Å². The fourth-order valence-corrected chi connectivity index (χ4v) is 6.91. The molecule has 3 N–H and O–H groups in total. The quantitative estimate of drug-likeness (QED) is 0.488. The van der Waals surface area contributed by atoms with Gasteiger partial charge in [-0.05, 0) is 93.1 Å². The SMILES string of the molecule is C=C1C(=CC=C2CCC[C@@]3(C)C2CC[C@@H]3[C@@H](C)CCCC(C)(C)O)C[C@@H](O)[C@@H](C)[C@@H]1O. The summed E-state index contributed by atoms with van der Waals surface area (Å²) in [6, 6.07) is 0. The molecule has 3 saturated carbocycles. The Kier molecular flexibility index (Phi) is 7.61. The maximum Gasteiger partial charge on any atom is 0.0837 e. The third kappa shape index (κ3) is 5.37. The first-order valence-electron chi connectivity index (χ1n) is 12.6. The van der Waals surface area contributed by atoms with Gasteiger partial charge < -0.3 is 15.3 Å². The van der Waals surface area contributed by atoms with Crippen LogP contribution in [0.25, 0.3) is 0 Å². The largest absolute Gasteiger partial charge is 0.392 e. The maximum absolute atomic E-state index is 10.4.